The standard InChI is InChI=1S/C11H14F2N2O4S2/c12-9(13)5-15-2-1-8(4-15)14-21(18,19)10-3-7(6-20-10)11(16)17/h3,6,8-9,14H,1-2,4-5H2,(H,16,17). The highest BCUT2D eigenvalue weighted by molar-refractivity contribution is 7.91. The maximum atomic E-state index is 12.3. The van der Waals surface area contributed by atoms with Crippen molar-refractivity contribution in [3.63, 3.8) is 0 Å². The van der Waals surface area contributed by atoms with Gasteiger partial charge in [0.2, 0.25) is 10.0 Å². The van der Waals surface area contributed by atoms with Crippen LogP contribution in [-0.4, -0.2) is 56.5 Å². The Morgan fingerprint density at radius 3 is 2.86 bits per heavy atom. The van der Waals surface area contributed by atoms with Crippen LogP contribution in [0.3, 0.4) is 0 Å². The number of halogens is 2. The zero-order valence-corrected chi connectivity index (χ0v) is 12.5. The summed E-state index contributed by atoms with van der Waals surface area (Å²) in [5.41, 5.74) is -0.0916. The average molecular weight is 340 g/mol. The molecule has 21 heavy (non-hydrogen) atoms. The van der Waals surface area contributed by atoms with Crippen molar-refractivity contribution in [3.8, 4) is 0 Å². The van der Waals surface area contributed by atoms with Crippen molar-refractivity contribution < 1.29 is 27.1 Å². The fraction of sp³-hybridized carbons (Fsp3) is 0.545. The van der Waals surface area contributed by atoms with Crippen molar-refractivity contribution in [1.29, 1.82) is 0 Å². The monoisotopic (exact) mass is 340 g/mol. The summed E-state index contributed by atoms with van der Waals surface area (Å²) in [7, 11) is -3.82. The predicted molar refractivity (Wildman–Crippen MR) is 72.4 cm³/mol. The Morgan fingerprint density at radius 1 is 1.57 bits per heavy atom. The van der Waals surface area contributed by atoms with E-state index in [0.717, 1.165) is 17.4 Å². The summed E-state index contributed by atoms with van der Waals surface area (Å²) < 4.78 is 51.0. The number of carboxylic acid groups (broad SMARTS) is 1. The molecule has 118 valence electrons. The zero-order valence-electron chi connectivity index (χ0n) is 10.8. The van der Waals surface area contributed by atoms with E-state index in [1.807, 2.05) is 0 Å². The molecule has 1 aromatic heterocycles. The molecule has 0 aliphatic carbocycles. The molecule has 0 radical (unpaired) electrons. The third-order valence-corrected chi connectivity index (χ3v) is 6.04. The largest absolute Gasteiger partial charge is 0.478 e. The fourth-order valence-electron chi connectivity index (χ4n) is 2.14. The lowest BCUT2D eigenvalue weighted by Crippen LogP contribution is -2.37. The number of nitrogens with zero attached hydrogens (tertiary/aromatic N) is 1. The number of carbonyl (C=O) groups is 1. The van der Waals surface area contributed by atoms with Gasteiger partial charge in [0.1, 0.15) is 4.21 Å². The Balaban J connectivity index is 2.00. The van der Waals surface area contributed by atoms with Crippen molar-refractivity contribution in [2.24, 2.45) is 0 Å². The first-order valence-electron chi connectivity index (χ1n) is 6.12. The Labute approximate surface area is 124 Å². The molecule has 1 saturated heterocycles. The van der Waals surface area contributed by atoms with E-state index in [2.05, 4.69) is 4.72 Å². The second-order valence-corrected chi connectivity index (χ2v) is 7.57. The van der Waals surface area contributed by atoms with Gasteiger partial charge in [0.25, 0.3) is 6.43 Å². The lowest BCUT2D eigenvalue weighted by molar-refractivity contribution is 0.0697. The molecule has 0 bridgehead atoms. The number of hydrogen-bond acceptors (Lipinski definition) is 5. The van der Waals surface area contributed by atoms with Crippen LogP contribution in [0.2, 0.25) is 0 Å². The topological polar surface area (TPSA) is 86.7 Å². The molecule has 1 aliphatic heterocycles. The minimum Gasteiger partial charge on any atom is -0.478 e. The second kappa shape index (κ2) is 6.34. The third kappa shape index (κ3) is 4.19. The van der Waals surface area contributed by atoms with Gasteiger partial charge in [-0.2, -0.15) is 0 Å². The lowest BCUT2D eigenvalue weighted by Gasteiger charge is -2.15. The number of alkyl halides is 2. The highest BCUT2D eigenvalue weighted by Crippen LogP contribution is 2.22. The van der Waals surface area contributed by atoms with Crippen molar-refractivity contribution in [3.05, 3.63) is 17.0 Å². The van der Waals surface area contributed by atoms with E-state index < -0.39 is 28.5 Å². The van der Waals surface area contributed by atoms with E-state index in [1.54, 1.807) is 0 Å². The van der Waals surface area contributed by atoms with Gasteiger partial charge in [-0.25, -0.2) is 26.7 Å². The third-order valence-electron chi connectivity index (χ3n) is 3.08. The van der Waals surface area contributed by atoms with E-state index in [4.69, 9.17) is 5.11 Å². The van der Waals surface area contributed by atoms with Crippen molar-refractivity contribution in [2.45, 2.75) is 23.1 Å². The quantitative estimate of drug-likeness (QED) is 0.809. The number of aromatic carboxylic acids is 1. The molecule has 1 aromatic rings. The van der Waals surface area contributed by atoms with Gasteiger partial charge in [0, 0.05) is 18.0 Å². The van der Waals surface area contributed by atoms with E-state index >= 15 is 0 Å². The van der Waals surface area contributed by atoms with Gasteiger partial charge in [-0.15, -0.1) is 11.3 Å². The molecule has 0 amide bonds. The van der Waals surface area contributed by atoms with Gasteiger partial charge in [-0.3, -0.25) is 4.90 Å². The normalized spacial score (nSPS) is 20.2. The summed E-state index contributed by atoms with van der Waals surface area (Å²) in [5, 5.41) is 10.0. The Kier molecular flexibility index (Phi) is 4.91. The van der Waals surface area contributed by atoms with Gasteiger partial charge in [-0.1, -0.05) is 0 Å². The summed E-state index contributed by atoms with van der Waals surface area (Å²) in [6.45, 7) is 0.253. The average Bonchev–Trinajstić information content (AvgIpc) is 2.97. The highest BCUT2D eigenvalue weighted by atomic mass is 32.2. The van der Waals surface area contributed by atoms with Gasteiger partial charge >= 0.3 is 5.97 Å². The van der Waals surface area contributed by atoms with E-state index in [-0.39, 0.29) is 22.9 Å². The predicted octanol–water partition coefficient (Wildman–Crippen LogP) is 1.06. The van der Waals surface area contributed by atoms with Crippen LogP contribution in [0.4, 0.5) is 8.78 Å². The van der Waals surface area contributed by atoms with Crippen LogP contribution < -0.4 is 4.72 Å². The van der Waals surface area contributed by atoms with Gasteiger partial charge in [-0.05, 0) is 19.0 Å². The lowest BCUT2D eigenvalue weighted by atomic mass is 10.3. The van der Waals surface area contributed by atoms with Crippen molar-refractivity contribution >= 4 is 27.3 Å². The number of sulfonamides is 1. The molecule has 10 heteroatoms. The molecule has 6 nitrogen and oxygen atoms in total. The number of rotatable bonds is 6. The first-order valence-corrected chi connectivity index (χ1v) is 8.49. The van der Waals surface area contributed by atoms with Crippen LogP contribution in [0.5, 0.6) is 0 Å². The first kappa shape index (κ1) is 16.3. The molecule has 2 rings (SSSR count). The summed E-state index contributed by atoms with van der Waals surface area (Å²) >= 11 is 0.815. The Bertz CT molecular complexity index is 617. The van der Waals surface area contributed by atoms with Crippen LogP contribution in [0.25, 0.3) is 0 Å². The zero-order chi connectivity index (χ0) is 15.6. The van der Waals surface area contributed by atoms with Gasteiger partial charge < -0.3 is 5.11 Å². The SMILES string of the molecule is O=C(O)c1csc(S(=O)(=O)NC2CCN(CC(F)F)C2)c1. The van der Waals surface area contributed by atoms with Crippen LogP contribution in [0, 0.1) is 0 Å². The maximum absolute atomic E-state index is 12.3. The van der Waals surface area contributed by atoms with Crippen molar-refractivity contribution in [2.75, 3.05) is 19.6 Å². The summed E-state index contributed by atoms with van der Waals surface area (Å²) in [5.74, 6) is -1.20. The van der Waals surface area contributed by atoms with Crippen LogP contribution >= 0.6 is 11.3 Å². The molecule has 1 fully saturated rings. The van der Waals surface area contributed by atoms with Gasteiger partial charge in [0.05, 0.1) is 12.1 Å². The number of hydrogen-bond donors (Lipinski definition) is 2. The van der Waals surface area contributed by atoms with E-state index in [0.29, 0.717) is 13.0 Å². The van der Waals surface area contributed by atoms with E-state index in [9.17, 15) is 22.0 Å². The molecular weight excluding hydrogens is 326 g/mol. The fourth-order valence-corrected chi connectivity index (χ4v) is 4.57. The number of thiophene rings is 1. The molecule has 1 atom stereocenters. The van der Waals surface area contributed by atoms with Crippen molar-refractivity contribution in [1.82, 2.24) is 9.62 Å². The molecule has 2 N–H and O–H groups in total. The summed E-state index contributed by atoms with van der Waals surface area (Å²) in [6, 6.07) is 0.644. The Hall–Kier alpha value is -1.10. The number of nitrogens with one attached hydrogen (secondary N) is 1. The number of likely N-dealkylation sites (tertiary alicyclic amines) is 1. The molecule has 0 saturated carbocycles. The number of carboxylic acids is 1. The summed E-state index contributed by atoms with van der Waals surface area (Å²) in [6.07, 6.45) is -2.00. The highest BCUT2D eigenvalue weighted by Gasteiger charge is 2.29. The molecule has 0 aromatic carbocycles. The maximum Gasteiger partial charge on any atom is 0.336 e. The summed E-state index contributed by atoms with van der Waals surface area (Å²) in [4.78, 5) is 12.2. The molecule has 0 spiro atoms. The van der Waals surface area contributed by atoms with Crippen LogP contribution in [-0.2, 0) is 10.0 Å². The minimum absolute atomic E-state index is 0.0905. The molecular formula is C11H14F2N2O4S2. The molecule has 1 unspecified atom stereocenters. The molecule has 2 heterocycles. The van der Waals surface area contributed by atoms with Crippen LogP contribution in [0.15, 0.2) is 15.7 Å². The van der Waals surface area contributed by atoms with Gasteiger partial charge in [0.15, 0.2) is 0 Å². The minimum atomic E-state index is -3.82. The first-order chi connectivity index (χ1) is 9.78. The smallest absolute Gasteiger partial charge is 0.336 e. The van der Waals surface area contributed by atoms with E-state index in [1.165, 1.54) is 10.3 Å². The van der Waals surface area contributed by atoms with Crippen LogP contribution in [0.1, 0.15) is 16.8 Å². The second-order valence-electron chi connectivity index (χ2n) is 4.72. The molecule has 1 aliphatic rings. The Morgan fingerprint density at radius 2 is 2.29 bits per heavy atom.